The summed E-state index contributed by atoms with van der Waals surface area (Å²) in [7, 11) is 0. The molecule has 4 nitrogen and oxygen atoms in total. The van der Waals surface area contributed by atoms with Crippen LogP contribution in [0.1, 0.15) is 63.9 Å². The van der Waals surface area contributed by atoms with Gasteiger partial charge in [-0.1, -0.05) is 20.3 Å². The molecule has 2 aliphatic rings. The minimum absolute atomic E-state index is 0.247. The summed E-state index contributed by atoms with van der Waals surface area (Å²) in [6.45, 7) is 5.98. The lowest BCUT2D eigenvalue weighted by atomic mass is 9.78. The molecule has 190 valence electrons. The molecular formula is C28H35F3N2O2. The Morgan fingerprint density at radius 2 is 1.74 bits per heavy atom. The van der Waals surface area contributed by atoms with Gasteiger partial charge in [-0.3, -0.25) is 4.79 Å². The van der Waals surface area contributed by atoms with Crippen molar-refractivity contribution in [3.63, 3.8) is 0 Å². The van der Waals surface area contributed by atoms with Gasteiger partial charge in [-0.25, -0.2) is 13.2 Å². The predicted molar refractivity (Wildman–Crippen MR) is 134 cm³/mol. The molecule has 1 saturated heterocycles. The van der Waals surface area contributed by atoms with E-state index in [2.05, 4.69) is 4.98 Å². The number of aliphatic hydroxyl groups excluding tert-OH is 1. The first-order valence-electron chi connectivity index (χ1n) is 12.6. The van der Waals surface area contributed by atoms with Crippen LogP contribution in [0.4, 0.5) is 13.2 Å². The fraction of sp³-hybridized carbons (Fsp3) is 0.464. The molecule has 1 aromatic heterocycles. The zero-order valence-corrected chi connectivity index (χ0v) is 20.5. The summed E-state index contributed by atoms with van der Waals surface area (Å²) in [4.78, 5) is 15.2. The van der Waals surface area contributed by atoms with E-state index in [0.717, 1.165) is 80.9 Å². The van der Waals surface area contributed by atoms with Gasteiger partial charge in [0.15, 0.2) is 0 Å². The standard InChI is InChI=1S/C18H14F3N.C8H15NO2.C2H6/c19-12-6-4-11(5-7-12)17-16(10-2-1-3-10)14-8-13(20)9-15(21)18(14)22-17;10-5-3-8-2-1-4-9(6-8)7-11;1-2/h4-10,22H,1-3H2;7-8,10H,1-6H2;1-2H3. The minimum Gasteiger partial charge on any atom is -0.396 e. The van der Waals surface area contributed by atoms with Gasteiger partial charge in [-0.15, -0.1) is 0 Å². The highest BCUT2D eigenvalue weighted by Gasteiger charge is 2.28. The quantitative estimate of drug-likeness (QED) is 0.389. The molecule has 1 aliphatic carbocycles. The number of piperidine rings is 1. The van der Waals surface area contributed by atoms with Gasteiger partial charge in [0.05, 0.1) is 11.2 Å². The van der Waals surface area contributed by atoms with Crippen LogP contribution in [0.2, 0.25) is 0 Å². The van der Waals surface area contributed by atoms with Crippen molar-refractivity contribution in [3.8, 4) is 11.3 Å². The van der Waals surface area contributed by atoms with E-state index in [1.807, 2.05) is 13.8 Å². The highest BCUT2D eigenvalue weighted by atomic mass is 19.1. The molecular weight excluding hydrogens is 453 g/mol. The third-order valence-electron chi connectivity index (χ3n) is 6.75. The van der Waals surface area contributed by atoms with E-state index >= 15 is 0 Å². The van der Waals surface area contributed by atoms with Crippen LogP contribution in [-0.4, -0.2) is 41.1 Å². The average molecular weight is 489 g/mol. The van der Waals surface area contributed by atoms with Crippen molar-refractivity contribution in [3.05, 3.63) is 59.4 Å². The van der Waals surface area contributed by atoms with E-state index in [4.69, 9.17) is 5.11 Å². The Balaban J connectivity index is 0.000000223. The summed E-state index contributed by atoms with van der Waals surface area (Å²) < 4.78 is 40.8. The molecule has 5 rings (SSSR count). The fourth-order valence-electron chi connectivity index (χ4n) is 4.82. The number of rotatable bonds is 5. The van der Waals surface area contributed by atoms with Gasteiger partial charge < -0.3 is 15.0 Å². The summed E-state index contributed by atoms with van der Waals surface area (Å²) >= 11 is 0. The number of amides is 1. The summed E-state index contributed by atoms with van der Waals surface area (Å²) in [5, 5.41) is 9.27. The molecule has 3 aromatic rings. The van der Waals surface area contributed by atoms with Gasteiger partial charge in [-0.2, -0.15) is 0 Å². The van der Waals surface area contributed by atoms with Gasteiger partial charge in [0.2, 0.25) is 6.41 Å². The second kappa shape index (κ2) is 12.8. The Morgan fingerprint density at radius 1 is 1.03 bits per heavy atom. The number of nitrogens with zero attached hydrogens (tertiary/aromatic N) is 1. The number of halogens is 3. The van der Waals surface area contributed by atoms with E-state index in [0.29, 0.717) is 22.7 Å². The second-order valence-electron chi connectivity index (χ2n) is 8.98. The third kappa shape index (κ3) is 6.45. The average Bonchev–Trinajstić information content (AvgIpc) is 3.20. The molecule has 1 atom stereocenters. The van der Waals surface area contributed by atoms with Crippen LogP contribution >= 0.6 is 0 Å². The molecule has 0 radical (unpaired) electrons. The molecule has 2 fully saturated rings. The number of aliphatic hydroxyl groups is 1. The van der Waals surface area contributed by atoms with Crippen LogP contribution in [0.25, 0.3) is 22.2 Å². The molecule has 1 aliphatic heterocycles. The third-order valence-corrected chi connectivity index (χ3v) is 6.75. The van der Waals surface area contributed by atoms with Gasteiger partial charge in [-0.05, 0) is 85.4 Å². The molecule has 2 heterocycles. The first-order valence-corrected chi connectivity index (χ1v) is 12.6. The predicted octanol–water partition coefficient (Wildman–Crippen LogP) is 6.78. The normalized spacial score (nSPS) is 17.7. The lowest BCUT2D eigenvalue weighted by Gasteiger charge is -2.29. The number of benzene rings is 2. The van der Waals surface area contributed by atoms with E-state index in [-0.39, 0.29) is 12.4 Å². The monoisotopic (exact) mass is 488 g/mol. The minimum atomic E-state index is -0.594. The molecule has 0 bridgehead atoms. The molecule has 0 spiro atoms. The SMILES string of the molecule is CC.Fc1ccc(-c2[nH]c3c(F)cc(F)cc3c2C2CCC2)cc1.O=CN1CCCC(CCO)C1. The van der Waals surface area contributed by atoms with Crippen molar-refractivity contribution in [2.75, 3.05) is 19.7 Å². The Bertz CT molecular complexity index is 1090. The highest BCUT2D eigenvalue weighted by molar-refractivity contribution is 5.92. The second-order valence-corrected chi connectivity index (χ2v) is 8.98. The van der Waals surface area contributed by atoms with Crippen molar-refractivity contribution in [1.82, 2.24) is 9.88 Å². The molecule has 2 aromatic carbocycles. The number of nitrogens with one attached hydrogen (secondary N) is 1. The van der Waals surface area contributed by atoms with E-state index in [1.165, 1.54) is 18.2 Å². The fourth-order valence-corrected chi connectivity index (χ4v) is 4.82. The van der Waals surface area contributed by atoms with Crippen LogP contribution in [0, 0.1) is 23.4 Å². The zero-order valence-electron chi connectivity index (χ0n) is 20.5. The number of likely N-dealkylation sites (tertiary alicyclic amines) is 1. The zero-order chi connectivity index (χ0) is 25.4. The maximum Gasteiger partial charge on any atom is 0.209 e. The van der Waals surface area contributed by atoms with Gasteiger partial charge in [0.1, 0.15) is 17.5 Å². The molecule has 35 heavy (non-hydrogen) atoms. The number of aromatic nitrogens is 1. The van der Waals surface area contributed by atoms with E-state index in [1.54, 1.807) is 17.0 Å². The molecule has 1 amide bonds. The maximum atomic E-state index is 14.1. The van der Waals surface area contributed by atoms with Gasteiger partial charge in [0.25, 0.3) is 0 Å². The number of H-pyrrole nitrogens is 1. The smallest absolute Gasteiger partial charge is 0.209 e. The van der Waals surface area contributed by atoms with Gasteiger partial charge >= 0.3 is 0 Å². The lowest BCUT2D eigenvalue weighted by Crippen LogP contribution is -2.34. The Hall–Kier alpha value is -2.80. The maximum absolute atomic E-state index is 14.1. The van der Waals surface area contributed by atoms with Crippen molar-refractivity contribution in [2.45, 2.75) is 58.3 Å². The van der Waals surface area contributed by atoms with Crippen LogP contribution in [0.5, 0.6) is 0 Å². The van der Waals surface area contributed by atoms with Crippen LogP contribution in [-0.2, 0) is 4.79 Å². The van der Waals surface area contributed by atoms with Crippen molar-refractivity contribution in [2.24, 2.45) is 5.92 Å². The number of carbonyl (C=O) groups is 1. The van der Waals surface area contributed by atoms with Gasteiger partial charge in [0, 0.05) is 31.1 Å². The van der Waals surface area contributed by atoms with Crippen molar-refractivity contribution >= 4 is 17.3 Å². The Labute approximate surface area is 205 Å². The number of hydrogen-bond donors (Lipinski definition) is 2. The number of carbonyl (C=O) groups excluding carboxylic acids is 1. The van der Waals surface area contributed by atoms with Crippen LogP contribution in [0.3, 0.4) is 0 Å². The summed E-state index contributed by atoms with van der Waals surface area (Å²) in [6.07, 6.45) is 7.14. The summed E-state index contributed by atoms with van der Waals surface area (Å²) in [6, 6.07) is 8.35. The molecule has 7 heteroatoms. The van der Waals surface area contributed by atoms with E-state index in [9.17, 15) is 18.0 Å². The Morgan fingerprint density at radius 3 is 2.34 bits per heavy atom. The summed E-state index contributed by atoms with van der Waals surface area (Å²) in [5.41, 5.74) is 2.83. The topological polar surface area (TPSA) is 56.3 Å². The first-order chi connectivity index (χ1) is 17.0. The largest absolute Gasteiger partial charge is 0.396 e. The van der Waals surface area contributed by atoms with Crippen LogP contribution < -0.4 is 0 Å². The summed E-state index contributed by atoms with van der Waals surface area (Å²) in [5.74, 6) is -0.657. The first kappa shape index (κ1) is 26.8. The molecule has 1 saturated carbocycles. The van der Waals surface area contributed by atoms with Crippen molar-refractivity contribution in [1.29, 1.82) is 0 Å². The lowest BCUT2D eigenvalue weighted by molar-refractivity contribution is -0.119. The number of hydrogen-bond acceptors (Lipinski definition) is 2. The van der Waals surface area contributed by atoms with Crippen LogP contribution in [0.15, 0.2) is 36.4 Å². The molecule has 2 N–H and O–H groups in total. The molecule has 1 unspecified atom stereocenters. The highest BCUT2D eigenvalue weighted by Crippen LogP contribution is 2.45. The van der Waals surface area contributed by atoms with E-state index < -0.39 is 11.6 Å². The van der Waals surface area contributed by atoms with Crippen molar-refractivity contribution < 1.29 is 23.1 Å². The number of aromatic amines is 1. The number of fused-ring (bicyclic) bond motifs is 1. The Kier molecular flexibility index (Phi) is 9.78.